The minimum absolute atomic E-state index is 0.247. The van der Waals surface area contributed by atoms with Crippen LogP contribution in [0.15, 0.2) is 18.3 Å². The third-order valence-corrected chi connectivity index (χ3v) is 3.66. The van der Waals surface area contributed by atoms with E-state index in [1.165, 1.54) is 0 Å². The number of amides is 2. The van der Waals surface area contributed by atoms with Crippen LogP contribution in [0, 0.1) is 0 Å². The van der Waals surface area contributed by atoms with Crippen LogP contribution in [0.5, 0.6) is 0 Å². The fourth-order valence-electron chi connectivity index (χ4n) is 2.50. The molecule has 2 amide bonds. The maximum atomic E-state index is 11.9. The Hall–Kier alpha value is -1.66. The second-order valence-corrected chi connectivity index (χ2v) is 5.21. The van der Waals surface area contributed by atoms with Crippen molar-refractivity contribution in [3.05, 3.63) is 24.0 Å². The summed E-state index contributed by atoms with van der Waals surface area (Å²) in [6, 6.07) is 3.77. The topological polar surface area (TPSA) is 77.2 Å². The number of carbonyl (C=O) groups is 2. The fourth-order valence-corrected chi connectivity index (χ4v) is 2.50. The van der Waals surface area contributed by atoms with E-state index in [0.717, 1.165) is 32.4 Å². The minimum Gasteiger partial charge on any atom is -0.357 e. The first-order valence-electron chi connectivity index (χ1n) is 7.05. The van der Waals surface area contributed by atoms with Crippen molar-refractivity contribution < 1.29 is 9.59 Å². The van der Waals surface area contributed by atoms with E-state index in [1.54, 1.807) is 18.3 Å². The number of carbonyl (C=O) groups excluding carboxylic acids is 2. The summed E-state index contributed by atoms with van der Waals surface area (Å²) in [5.74, 6) is -0.639. The lowest BCUT2D eigenvalue weighted by atomic mass is 10.1. The summed E-state index contributed by atoms with van der Waals surface area (Å²) in [6.45, 7) is 2.27. The van der Waals surface area contributed by atoms with Gasteiger partial charge in [-0.15, -0.1) is 0 Å². The molecule has 6 nitrogen and oxygen atoms in total. The van der Waals surface area contributed by atoms with Crippen LogP contribution >= 0.6 is 0 Å². The smallest absolute Gasteiger partial charge is 0.274 e. The molecule has 6 heteroatoms. The molecule has 2 rings (SSSR count). The molecular formula is C14H22N4O2. The van der Waals surface area contributed by atoms with Crippen LogP contribution in [0.2, 0.25) is 0 Å². The number of rotatable bonds is 4. The molecule has 1 aromatic rings. The lowest BCUT2D eigenvalue weighted by Gasteiger charge is -2.25. The Labute approximate surface area is 118 Å². The summed E-state index contributed by atoms with van der Waals surface area (Å²) in [5, 5.41) is 5.75. The van der Waals surface area contributed by atoms with Crippen molar-refractivity contribution >= 4 is 11.8 Å². The molecule has 0 aliphatic carbocycles. The molecule has 1 aliphatic heterocycles. The Bertz CT molecular complexity index is 436. The van der Waals surface area contributed by atoms with Gasteiger partial charge >= 0.3 is 0 Å². The molecule has 1 unspecified atom stereocenters. The Kier molecular flexibility index (Phi) is 5.31. The van der Waals surface area contributed by atoms with Crippen molar-refractivity contribution in [1.29, 1.82) is 0 Å². The Balaban J connectivity index is 1.79. The minimum atomic E-state index is -0.379. The van der Waals surface area contributed by atoms with E-state index < -0.39 is 0 Å². The molecule has 0 aromatic carbocycles. The summed E-state index contributed by atoms with van der Waals surface area (Å²) in [7, 11) is 1.94. The van der Waals surface area contributed by atoms with Crippen LogP contribution in [0.25, 0.3) is 0 Å². The van der Waals surface area contributed by atoms with Crippen LogP contribution in [-0.2, 0) is 4.79 Å². The van der Waals surface area contributed by atoms with E-state index in [2.05, 4.69) is 15.6 Å². The predicted octanol–water partition coefficient (Wildman–Crippen LogP) is 0.345. The van der Waals surface area contributed by atoms with Gasteiger partial charge in [0.25, 0.3) is 5.91 Å². The fraction of sp³-hybridized carbons (Fsp3) is 0.571. The number of hydrogen-bond acceptors (Lipinski definition) is 4. The summed E-state index contributed by atoms with van der Waals surface area (Å²) >= 11 is 0. The maximum absolute atomic E-state index is 11.9. The molecule has 1 saturated heterocycles. The van der Waals surface area contributed by atoms with E-state index in [-0.39, 0.29) is 18.4 Å². The van der Waals surface area contributed by atoms with Gasteiger partial charge in [0.2, 0.25) is 5.91 Å². The molecule has 2 heterocycles. The van der Waals surface area contributed by atoms with Crippen LogP contribution in [0.4, 0.5) is 0 Å². The molecule has 0 bridgehead atoms. The van der Waals surface area contributed by atoms with Gasteiger partial charge in [-0.3, -0.25) is 19.8 Å². The van der Waals surface area contributed by atoms with Crippen molar-refractivity contribution in [3.63, 3.8) is 0 Å². The summed E-state index contributed by atoms with van der Waals surface area (Å²) < 4.78 is 0. The number of nitrogens with zero attached hydrogens (tertiary/aromatic N) is 1. The second kappa shape index (κ2) is 7.21. The van der Waals surface area contributed by atoms with Gasteiger partial charge in [0.1, 0.15) is 5.69 Å². The van der Waals surface area contributed by atoms with Crippen LogP contribution in [0.3, 0.4) is 0 Å². The Morgan fingerprint density at radius 1 is 1.40 bits per heavy atom. The van der Waals surface area contributed by atoms with Crippen molar-refractivity contribution in [2.24, 2.45) is 0 Å². The lowest BCUT2D eigenvalue weighted by molar-refractivity contribution is -0.121. The lowest BCUT2D eigenvalue weighted by Crippen LogP contribution is -2.42. The number of imide groups is 1. The molecule has 1 aliphatic rings. The monoisotopic (exact) mass is 278 g/mol. The zero-order valence-corrected chi connectivity index (χ0v) is 11.8. The van der Waals surface area contributed by atoms with Crippen LogP contribution < -0.4 is 10.6 Å². The highest BCUT2D eigenvalue weighted by atomic mass is 16.2. The van der Waals surface area contributed by atoms with Gasteiger partial charge in [0.05, 0.1) is 6.54 Å². The quantitative estimate of drug-likeness (QED) is 0.742. The predicted molar refractivity (Wildman–Crippen MR) is 76.4 cm³/mol. The van der Waals surface area contributed by atoms with Gasteiger partial charge in [0, 0.05) is 12.2 Å². The standard InChI is InChI=1S/C14H22N4O2/c1-18(11-4-2-7-15-9-6-11)10-13(19)17-14(20)12-5-3-8-16-12/h3,5,8,11,15-16H,2,4,6-7,9-10H2,1H3,(H,17,19,20). The Morgan fingerprint density at radius 3 is 3.00 bits per heavy atom. The van der Waals surface area contributed by atoms with Crippen LogP contribution in [-0.4, -0.2) is 54.4 Å². The highest BCUT2D eigenvalue weighted by molar-refractivity contribution is 6.04. The number of nitrogens with one attached hydrogen (secondary N) is 3. The first-order chi connectivity index (χ1) is 9.66. The average Bonchev–Trinajstić information content (AvgIpc) is 2.81. The molecule has 0 radical (unpaired) electrons. The summed E-state index contributed by atoms with van der Waals surface area (Å²) in [4.78, 5) is 28.4. The summed E-state index contributed by atoms with van der Waals surface area (Å²) in [5.41, 5.74) is 0.402. The molecule has 0 spiro atoms. The van der Waals surface area contributed by atoms with Crippen molar-refractivity contribution in [3.8, 4) is 0 Å². The number of H-pyrrole nitrogens is 1. The zero-order chi connectivity index (χ0) is 14.4. The Morgan fingerprint density at radius 2 is 2.25 bits per heavy atom. The molecule has 1 atom stereocenters. The number of aromatic nitrogens is 1. The molecule has 0 saturated carbocycles. The first-order valence-corrected chi connectivity index (χ1v) is 7.05. The maximum Gasteiger partial charge on any atom is 0.274 e. The van der Waals surface area contributed by atoms with E-state index in [0.29, 0.717) is 11.7 Å². The van der Waals surface area contributed by atoms with Gasteiger partial charge in [-0.05, 0) is 51.5 Å². The molecule has 1 fully saturated rings. The van der Waals surface area contributed by atoms with Gasteiger partial charge in [-0.2, -0.15) is 0 Å². The molecule has 20 heavy (non-hydrogen) atoms. The normalized spacial score (nSPS) is 19.6. The van der Waals surface area contributed by atoms with Gasteiger partial charge in [-0.25, -0.2) is 0 Å². The van der Waals surface area contributed by atoms with Gasteiger partial charge in [0.15, 0.2) is 0 Å². The third kappa shape index (κ3) is 4.18. The second-order valence-electron chi connectivity index (χ2n) is 5.21. The van der Waals surface area contributed by atoms with Gasteiger partial charge in [-0.1, -0.05) is 0 Å². The van der Waals surface area contributed by atoms with Gasteiger partial charge < -0.3 is 10.3 Å². The zero-order valence-electron chi connectivity index (χ0n) is 11.8. The van der Waals surface area contributed by atoms with E-state index in [9.17, 15) is 9.59 Å². The van der Waals surface area contributed by atoms with E-state index >= 15 is 0 Å². The molecule has 110 valence electrons. The molecule has 1 aromatic heterocycles. The van der Waals surface area contributed by atoms with E-state index in [4.69, 9.17) is 0 Å². The SMILES string of the molecule is CN(CC(=O)NC(=O)c1ccc[nH]1)C1CCCNCC1. The number of likely N-dealkylation sites (N-methyl/N-ethyl adjacent to an activating group) is 1. The van der Waals surface area contributed by atoms with Crippen molar-refractivity contribution in [1.82, 2.24) is 20.5 Å². The largest absolute Gasteiger partial charge is 0.357 e. The highest BCUT2D eigenvalue weighted by Crippen LogP contribution is 2.11. The average molecular weight is 278 g/mol. The third-order valence-electron chi connectivity index (χ3n) is 3.66. The molecule has 3 N–H and O–H groups in total. The summed E-state index contributed by atoms with van der Waals surface area (Å²) in [6.07, 6.45) is 4.90. The van der Waals surface area contributed by atoms with E-state index in [1.807, 2.05) is 11.9 Å². The molecular weight excluding hydrogens is 256 g/mol. The number of hydrogen-bond donors (Lipinski definition) is 3. The van der Waals surface area contributed by atoms with Crippen LogP contribution in [0.1, 0.15) is 29.8 Å². The van der Waals surface area contributed by atoms with Crippen molar-refractivity contribution in [2.45, 2.75) is 25.3 Å². The first kappa shape index (κ1) is 14.7. The highest BCUT2D eigenvalue weighted by Gasteiger charge is 2.20. The van der Waals surface area contributed by atoms with Crippen molar-refractivity contribution in [2.75, 3.05) is 26.7 Å². The number of aromatic amines is 1.